The van der Waals surface area contributed by atoms with Gasteiger partial charge in [-0.05, 0) is 42.8 Å². The molecule has 0 saturated carbocycles. The van der Waals surface area contributed by atoms with Gasteiger partial charge in [-0.1, -0.05) is 0 Å². The molecule has 0 radical (unpaired) electrons. The first-order chi connectivity index (χ1) is 9.10. The first kappa shape index (κ1) is 12.9. The van der Waals surface area contributed by atoms with Crippen molar-refractivity contribution in [3.8, 4) is 5.75 Å². The lowest BCUT2D eigenvalue weighted by molar-refractivity contribution is 0.102. The molecule has 2 rings (SSSR count). The number of benzene rings is 1. The zero-order valence-electron chi connectivity index (χ0n) is 10.8. The second-order valence-corrected chi connectivity index (χ2v) is 4.13. The predicted octanol–water partition coefficient (Wildman–Crippen LogP) is 2.23. The number of hydrogen-bond donors (Lipinski definition) is 2. The van der Waals surface area contributed by atoms with Crippen LogP contribution in [0, 0.1) is 6.92 Å². The van der Waals surface area contributed by atoms with Gasteiger partial charge in [0, 0.05) is 11.9 Å². The summed E-state index contributed by atoms with van der Waals surface area (Å²) in [6.45, 7) is 1.93. The quantitative estimate of drug-likeness (QED) is 0.827. The van der Waals surface area contributed by atoms with E-state index in [-0.39, 0.29) is 5.91 Å². The van der Waals surface area contributed by atoms with E-state index in [0.717, 1.165) is 5.56 Å². The highest BCUT2D eigenvalue weighted by Crippen LogP contribution is 2.22. The third-order valence-electron chi connectivity index (χ3n) is 2.63. The van der Waals surface area contributed by atoms with Crippen molar-refractivity contribution in [2.75, 3.05) is 18.2 Å². The van der Waals surface area contributed by atoms with E-state index in [1.807, 2.05) is 13.0 Å². The Kier molecular flexibility index (Phi) is 3.66. The number of anilines is 2. The highest BCUT2D eigenvalue weighted by atomic mass is 16.5. The summed E-state index contributed by atoms with van der Waals surface area (Å²) >= 11 is 0. The molecular formula is C14H15N3O2. The minimum absolute atomic E-state index is 0.303. The lowest BCUT2D eigenvalue weighted by Gasteiger charge is -2.09. The normalized spacial score (nSPS) is 10.0. The fraction of sp³-hybridized carbons (Fsp3) is 0.143. The van der Waals surface area contributed by atoms with Crippen molar-refractivity contribution in [1.82, 2.24) is 4.98 Å². The molecule has 1 aromatic carbocycles. The minimum Gasteiger partial charge on any atom is -0.496 e. The van der Waals surface area contributed by atoms with Gasteiger partial charge in [0.25, 0.3) is 5.91 Å². The second kappa shape index (κ2) is 5.39. The van der Waals surface area contributed by atoms with Gasteiger partial charge in [0.2, 0.25) is 0 Å². The number of methoxy groups -OCH3 is 1. The van der Waals surface area contributed by atoms with Crippen molar-refractivity contribution in [1.29, 1.82) is 0 Å². The maximum atomic E-state index is 12.2. The number of nitrogen functional groups attached to an aromatic ring is 1. The number of carbonyl (C=O) groups excluding carboxylic acids is 1. The van der Waals surface area contributed by atoms with Crippen LogP contribution in [0.2, 0.25) is 0 Å². The van der Waals surface area contributed by atoms with Crippen LogP contribution in [0.5, 0.6) is 5.75 Å². The van der Waals surface area contributed by atoms with E-state index >= 15 is 0 Å². The first-order valence-electron chi connectivity index (χ1n) is 5.77. The molecule has 0 unspecified atom stereocenters. The summed E-state index contributed by atoms with van der Waals surface area (Å²) in [5.74, 6) is 0.663. The van der Waals surface area contributed by atoms with Crippen LogP contribution in [-0.4, -0.2) is 18.0 Å². The lowest BCUT2D eigenvalue weighted by atomic mass is 10.1. The lowest BCUT2D eigenvalue weighted by Crippen LogP contribution is -2.14. The number of nitrogens with one attached hydrogen (secondary N) is 1. The number of amides is 1. The van der Waals surface area contributed by atoms with Crippen LogP contribution in [0.15, 0.2) is 36.5 Å². The van der Waals surface area contributed by atoms with E-state index < -0.39 is 0 Å². The number of ether oxygens (including phenoxy) is 1. The van der Waals surface area contributed by atoms with Gasteiger partial charge in [-0.3, -0.25) is 4.79 Å². The van der Waals surface area contributed by atoms with E-state index in [0.29, 0.717) is 22.8 Å². The predicted molar refractivity (Wildman–Crippen MR) is 74.3 cm³/mol. The van der Waals surface area contributed by atoms with Gasteiger partial charge in [-0.15, -0.1) is 0 Å². The largest absolute Gasteiger partial charge is 0.496 e. The van der Waals surface area contributed by atoms with Gasteiger partial charge in [0.15, 0.2) is 0 Å². The molecule has 2 aromatic rings. The zero-order chi connectivity index (χ0) is 13.8. The van der Waals surface area contributed by atoms with Crippen LogP contribution in [0.3, 0.4) is 0 Å². The molecule has 0 spiro atoms. The van der Waals surface area contributed by atoms with Crippen molar-refractivity contribution in [3.63, 3.8) is 0 Å². The van der Waals surface area contributed by atoms with Gasteiger partial charge in [0.1, 0.15) is 11.6 Å². The van der Waals surface area contributed by atoms with Crippen LogP contribution in [0.4, 0.5) is 11.5 Å². The number of rotatable bonds is 3. The summed E-state index contributed by atoms with van der Waals surface area (Å²) in [4.78, 5) is 16.2. The number of carbonyl (C=O) groups is 1. The number of pyridine rings is 1. The molecule has 19 heavy (non-hydrogen) atoms. The minimum atomic E-state index is -0.303. The summed E-state index contributed by atoms with van der Waals surface area (Å²) in [5, 5.41) is 2.72. The Hall–Kier alpha value is -2.56. The molecule has 0 aliphatic rings. The Morgan fingerprint density at radius 1 is 1.32 bits per heavy atom. The molecule has 5 heteroatoms. The first-order valence-corrected chi connectivity index (χ1v) is 5.77. The number of aromatic nitrogens is 1. The fourth-order valence-electron chi connectivity index (χ4n) is 1.69. The van der Waals surface area contributed by atoms with Crippen LogP contribution in [0.25, 0.3) is 0 Å². The Morgan fingerprint density at radius 2 is 2.11 bits per heavy atom. The average Bonchev–Trinajstić information content (AvgIpc) is 2.38. The van der Waals surface area contributed by atoms with Crippen molar-refractivity contribution < 1.29 is 9.53 Å². The van der Waals surface area contributed by atoms with Crippen LogP contribution in [-0.2, 0) is 0 Å². The maximum Gasteiger partial charge on any atom is 0.260 e. The molecule has 1 aromatic heterocycles. The summed E-state index contributed by atoms with van der Waals surface area (Å²) in [6.07, 6.45) is 1.64. The van der Waals surface area contributed by atoms with E-state index in [4.69, 9.17) is 10.5 Å². The molecule has 0 aliphatic heterocycles. The Labute approximate surface area is 111 Å². The molecule has 1 heterocycles. The van der Waals surface area contributed by atoms with Gasteiger partial charge in [0.05, 0.1) is 12.7 Å². The summed E-state index contributed by atoms with van der Waals surface area (Å²) < 4.78 is 5.15. The number of nitrogens with two attached hydrogens (primary N) is 1. The van der Waals surface area contributed by atoms with Crippen molar-refractivity contribution in [2.45, 2.75) is 6.92 Å². The molecular weight excluding hydrogens is 242 g/mol. The molecule has 0 bridgehead atoms. The van der Waals surface area contributed by atoms with Crippen molar-refractivity contribution >= 4 is 17.4 Å². The highest BCUT2D eigenvalue weighted by molar-refractivity contribution is 6.06. The highest BCUT2D eigenvalue weighted by Gasteiger charge is 2.13. The average molecular weight is 257 g/mol. The van der Waals surface area contributed by atoms with E-state index in [1.165, 1.54) is 7.11 Å². The van der Waals surface area contributed by atoms with E-state index in [2.05, 4.69) is 10.3 Å². The molecule has 98 valence electrons. The summed E-state index contributed by atoms with van der Waals surface area (Å²) in [5.41, 5.74) is 7.59. The molecule has 3 N–H and O–H groups in total. The van der Waals surface area contributed by atoms with Crippen LogP contribution < -0.4 is 15.8 Å². The van der Waals surface area contributed by atoms with Gasteiger partial charge in [-0.25, -0.2) is 4.98 Å². The smallest absolute Gasteiger partial charge is 0.260 e. The Morgan fingerprint density at radius 3 is 2.79 bits per heavy atom. The van der Waals surface area contributed by atoms with Crippen molar-refractivity contribution in [3.05, 3.63) is 47.7 Å². The van der Waals surface area contributed by atoms with Crippen LogP contribution in [0.1, 0.15) is 15.9 Å². The van der Waals surface area contributed by atoms with Crippen molar-refractivity contribution in [2.24, 2.45) is 0 Å². The zero-order valence-corrected chi connectivity index (χ0v) is 10.8. The molecule has 5 nitrogen and oxygen atoms in total. The number of aryl methyl sites for hydroxylation is 1. The maximum absolute atomic E-state index is 12.2. The standard InChI is InChI=1S/C14H15N3O2/c1-9-5-6-16-13(7-9)17-14(18)11-8-10(15)3-4-12(11)19-2/h3-8H,15H2,1-2H3,(H,16,17,18). The van der Waals surface area contributed by atoms with Gasteiger partial charge >= 0.3 is 0 Å². The van der Waals surface area contributed by atoms with Crippen LogP contribution >= 0.6 is 0 Å². The van der Waals surface area contributed by atoms with Gasteiger partial charge in [-0.2, -0.15) is 0 Å². The summed E-state index contributed by atoms with van der Waals surface area (Å²) in [7, 11) is 1.51. The molecule has 0 saturated heterocycles. The van der Waals surface area contributed by atoms with Gasteiger partial charge < -0.3 is 15.8 Å². The Balaban J connectivity index is 2.27. The third-order valence-corrected chi connectivity index (χ3v) is 2.63. The number of nitrogens with zero attached hydrogens (tertiary/aromatic N) is 1. The number of hydrogen-bond acceptors (Lipinski definition) is 4. The fourth-order valence-corrected chi connectivity index (χ4v) is 1.69. The topological polar surface area (TPSA) is 77.2 Å². The summed E-state index contributed by atoms with van der Waals surface area (Å²) in [6, 6.07) is 8.56. The third kappa shape index (κ3) is 3.01. The second-order valence-electron chi connectivity index (χ2n) is 4.13. The SMILES string of the molecule is COc1ccc(N)cc1C(=O)Nc1cc(C)ccn1. The van der Waals surface area contributed by atoms with E-state index in [1.54, 1.807) is 30.5 Å². The molecule has 1 amide bonds. The van der Waals surface area contributed by atoms with E-state index in [9.17, 15) is 4.79 Å². The Bertz CT molecular complexity index is 611. The molecule has 0 fully saturated rings. The molecule has 0 atom stereocenters. The monoisotopic (exact) mass is 257 g/mol. The molecule has 0 aliphatic carbocycles.